The molecule has 0 spiro atoms. The maximum absolute atomic E-state index is 13.3. The molecule has 0 bridgehead atoms. The Kier molecular flexibility index (Phi) is 6.33. The van der Waals surface area contributed by atoms with Crippen molar-refractivity contribution < 1.29 is 19.0 Å². The van der Waals surface area contributed by atoms with E-state index in [-0.39, 0.29) is 24.0 Å². The lowest BCUT2D eigenvalue weighted by Gasteiger charge is -2.22. The van der Waals surface area contributed by atoms with Crippen LogP contribution in [0.4, 0.5) is 5.69 Å². The number of aliphatic hydroxyl groups excluding tert-OH is 1. The summed E-state index contributed by atoms with van der Waals surface area (Å²) in [4.78, 5) is 15.2. The van der Waals surface area contributed by atoms with E-state index in [2.05, 4.69) is 5.32 Å². The van der Waals surface area contributed by atoms with Crippen molar-refractivity contribution in [2.75, 3.05) is 46.4 Å². The number of ether oxygens (including phenoxy) is 2. The monoisotopic (exact) mass is 458 g/mol. The average Bonchev–Trinajstić information content (AvgIpc) is 3.25. The fraction of sp³-hybridized carbons (Fsp3) is 0.375. The number of methoxy groups -OCH3 is 2. The van der Waals surface area contributed by atoms with Gasteiger partial charge in [-0.15, -0.1) is 0 Å². The van der Waals surface area contributed by atoms with Gasteiger partial charge in [0.1, 0.15) is 28.2 Å². The van der Waals surface area contributed by atoms with Gasteiger partial charge >= 0.3 is 0 Å². The average molecular weight is 459 g/mol. The summed E-state index contributed by atoms with van der Waals surface area (Å²) >= 11 is 6.56. The highest BCUT2D eigenvalue weighted by Crippen LogP contribution is 2.44. The van der Waals surface area contributed by atoms with Crippen LogP contribution >= 0.6 is 11.6 Å². The molecule has 8 heteroatoms. The minimum Gasteiger partial charge on any atom is -0.496 e. The second kappa shape index (κ2) is 9.02. The van der Waals surface area contributed by atoms with Crippen molar-refractivity contribution >= 4 is 28.3 Å². The summed E-state index contributed by atoms with van der Waals surface area (Å²) in [6.45, 7) is 0.706. The molecule has 2 aromatic carbocycles. The maximum atomic E-state index is 13.3. The molecule has 170 valence electrons. The summed E-state index contributed by atoms with van der Waals surface area (Å²) in [6, 6.07) is 8.57. The second-order valence-electron chi connectivity index (χ2n) is 8.07. The Balaban J connectivity index is 2.01. The number of nitrogens with one attached hydrogen (secondary N) is 1. The SMILES string of the molecule is COc1cc(OC)c2c(=O)cc(-c3ccc(N(C)C)cc3Cl)oc2c1C1CCNC1CO. The van der Waals surface area contributed by atoms with E-state index in [0.717, 1.165) is 24.2 Å². The van der Waals surface area contributed by atoms with Crippen LogP contribution in [0, 0.1) is 0 Å². The molecule has 0 amide bonds. The number of fused-ring (bicyclic) bond motifs is 1. The lowest BCUT2D eigenvalue weighted by Crippen LogP contribution is -2.30. The lowest BCUT2D eigenvalue weighted by atomic mass is 9.89. The molecule has 0 aliphatic carbocycles. The van der Waals surface area contributed by atoms with Gasteiger partial charge in [0.15, 0.2) is 5.43 Å². The van der Waals surface area contributed by atoms with Crippen molar-refractivity contribution in [3.05, 3.63) is 51.1 Å². The predicted molar refractivity (Wildman–Crippen MR) is 127 cm³/mol. The zero-order valence-corrected chi connectivity index (χ0v) is 19.3. The van der Waals surface area contributed by atoms with Crippen LogP contribution in [0.1, 0.15) is 17.9 Å². The van der Waals surface area contributed by atoms with Crippen molar-refractivity contribution in [2.45, 2.75) is 18.4 Å². The quantitative estimate of drug-likeness (QED) is 0.583. The first-order valence-electron chi connectivity index (χ1n) is 10.4. The van der Waals surface area contributed by atoms with Crippen LogP contribution in [0.25, 0.3) is 22.3 Å². The molecule has 2 unspecified atom stereocenters. The van der Waals surface area contributed by atoms with Crippen LogP contribution in [-0.4, -0.2) is 52.6 Å². The van der Waals surface area contributed by atoms with E-state index < -0.39 is 0 Å². The lowest BCUT2D eigenvalue weighted by molar-refractivity contribution is 0.244. The van der Waals surface area contributed by atoms with E-state index in [4.69, 9.17) is 25.5 Å². The Hall–Kier alpha value is -2.74. The number of rotatable bonds is 6. The zero-order valence-electron chi connectivity index (χ0n) is 18.6. The number of aliphatic hydroxyl groups is 1. The highest BCUT2D eigenvalue weighted by Gasteiger charge is 2.34. The third kappa shape index (κ3) is 3.81. The maximum Gasteiger partial charge on any atom is 0.197 e. The number of nitrogens with zero attached hydrogens (tertiary/aromatic N) is 1. The van der Waals surface area contributed by atoms with Gasteiger partial charge in [0.25, 0.3) is 0 Å². The van der Waals surface area contributed by atoms with Gasteiger partial charge in [0.2, 0.25) is 0 Å². The fourth-order valence-electron chi connectivity index (χ4n) is 4.40. The molecule has 32 heavy (non-hydrogen) atoms. The molecule has 1 fully saturated rings. The second-order valence-corrected chi connectivity index (χ2v) is 8.48. The predicted octanol–water partition coefficient (Wildman–Crippen LogP) is 3.63. The van der Waals surface area contributed by atoms with E-state index in [0.29, 0.717) is 38.8 Å². The van der Waals surface area contributed by atoms with Crippen LogP contribution in [-0.2, 0) is 0 Å². The van der Waals surface area contributed by atoms with Gasteiger partial charge in [-0.2, -0.15) is 0 Å². The van der Waals surface area contributed by atoms with Gasteiger partial charge in [-0.25, -0.2) is 0 Å². The summed E-state index contributed by atoms with van der Waals surface area (Å²) in [6.07, 6.45) is 0.773. The van der Waals surface area contributed by atoms with Crippen molar-refractivity contribution in [1.82, 2.24) is 5.32 Å². The van der Waals surface area contributed by atoms with Gasteiger partial charge < -0.3 is 29.2 Å². The first-order chi connectivity index (χ1) is 15.4. The van der Waals surface area contributed by atoms with Gasteiger partial charge in [-0.1, -0.05) is 11.6 Å². The number of hydrogen-bond donors (Lipinski definition) is 2. The largest absolute Gasteiger partial charge is 0.496 e. The molecule has 1 aliphatic heterocycles. The Bertz CT molecular complexity index is 1210. The highest BCUT2D eigenvalue weighted by molar-refractivity contribution is 6.33. The van der Waals surface area contributed by atoms with Gasteiger partial charge in [0, 0.05) is 55.0 Å². The third-order valence-corrected chi connectivity index (χ3v) is 6.37. The van der Waals surface area contributed by atoms with Crippen LogP contribution in [0.5, 0.6) is 11.5 Å². The van der Waals surface area contributed by atoms with E-state index >= 15 is 0 Å². The third-order valence-electron chi connectivity index (χ3n) is 6.06. The molecular weight excluding hydrogens is 432 g/mol. The zero-order chi connectivity index (χ0) is 23.0. The van der Waals surface area contributed by atoms with Crippen LogP contribution in [0.2, 0.25) is 5.02 Å². The fourth-order valence-corrected chi connectivity index (χ4v) is 4.67. The smallest absolute Gasteiger partial charge is 0.197 e. The highest BCUT2D eigenvalue weighted by atomic mass is 35.5. The molecule has 0 saturated carbocycles. The molecule has 0 radical (unpaired) electrons. The van der Waals surface area contributed by atoms with Crippen molar-refractivity contribution in [3.8, 4) is 22.8 Å². The number of hydrogen-bond acceptors (Lipinski definition) is 7. The van der Waals surface area contributed by atoms with Crippen molar-refractivity contribution in [3.63, 3.8) is 0 Å². The molecule has 7 nitrogen and oxygen atoms in total. The van der Waals surface area contributed by atoms with E-state index in [1.54, 1.807) is 13.2 Å². The first-order valence-corrected chi connectivity index (χ1v) is 10.8. The molecule has 2 atom stereocenters. The summed E-state index contributed by atoms with van der Waals surface area (Å²) in [5.41, 5.74) is 2.46. The van der Waals surface area contributed by atoms with Crippen LogP contribution < -0.4 is 25.1 Å². The minimum absolute atomic E-state index is 0.0386. The normalized spacial score (nSPS) is 18.2. The Morgan fingerprint density at radius 2 is 1.94 bits per heavy atom. The number of halogens is 1. The number of benzene rings is 2. The van der Waals surface area contributed by atoms with Crippen molar-refractivity contribution in [2.24, 2.45) is 0 Å². The molecule has 3 aromatic rings. The van der Waals surface area contributed by atoms with Crippen LogP contribution in [0.15, 0.2) is 39.5 Å². The molecule has 1 aromatic heterocycles. The van der Waals surface area contributed by atoms with Gasteiger partial charge in [0.05, 0.1) is 25.8 Å². The molecule has 2 N–H and O–H groups in total. The Morgan fingerprint density at radius 3 is 2.56 bits per heavy atom. The van der Waals surface area contributed by atoms with E-state index in [1.165, 1.54) is 13.2 Å². The molecular formula is C24H27ClN2O5. The van der Waals surface area contributed by atoms with E-state index in [1.807, 2.05) is 37.2 Å². The molecule has 1 saturated heterocycles. The Labute approximate surface area is 191 Å². The summed E-state index contributed by atoms with van der Waals surface area (Å²) in [5, 5.41) is 14.0. The summed E-state index contributed by atoms with van der Waals surface area (Å²) in [7, 11) is 6.93. The van der Waals surface area contributed by atoms with Gasteiger partial charge in [-0.05, 0) is 31.2 Å². The molecule has 4 rings (SSSR count). The summed E-state index contributed by atoms with van der Waals surface area (Å²) in [5.74, 6) is 1.20. The first kappa shape index (κ1) is 22.5. The van der Waals surface area contributed by atoms with Crippen LogP contribution in [0.3, 0.4) is 0 Å². The van der Waals surface area contributed by atoms with Crippen molar-refractivity contribution in [1.29, 1.82) is 0 Å². The topological polar surface area (TPSA) is 84.2 Å². The van der Waals surface area contributed by atoms with E-state index in [9.17, 15) is 9.90 Å². The standard InChI is InChI=1S/C24H27ClN2O5/c1-27(2)13-5-6-14(16(25)9-13)19-10-18(29)23-21(31-4)11-20(30-3)22(24(23)32-19)15-7-8-26-17(15)12-28/h5-6,9-11,15,17,26,28H,7-8,12H2,1-4H3. The van der Waals surface area contributed by atoms with Gasteiger partial charge in [-0.3, -0.25) is 4.79 Å². The number of anilines is 1. The molecule has 2 heterocycles. The summed E-state index contributed by atoms with van der Waals surface area (Å²) < 4.78 is 17.5. The minimum atomic E-state index is -0.235. The molecule has 1 aliphatic rings. The Morgan fingerprint density at radius 1 is 1.19 bits per heavy atom.